The average Bonchev–Trinajstić information content (AvgIpc) is 2.06. The first-order valence-electron chi connectivity index (χ1n) is 5.42. The van der Waals surface area contributed by atoms with E-state index in [4.69, 9.17) is 0 Å². The standard InChI is InChI=1S/C7H9N.C4H10.C2H6/c1-6-4-3-5-7(2)8-6;1-4(2)3;1-2/h3-5H,1-2H3;4H,1-3H3;1-2H3. The molecule has 1 aromatic heterocycles. The molecule has 1 heteroatoms. The van der Waals surface area contributed by atoms with Gasteiger partial charge in [0.2, 0.25) is 0 Å². The predicted molar refractivity (Wildman–Crippen MR) is 65.6 cm³/mol. The van der Waals surface area contributed by atoms with E-state index in [1.54, 1.807) is 0 Å². The van der Waals surface area contributed by atoms with E-state index < -0.39 is 0 Å². The first-order valence-corrected chi connectivity index (χ1v) is 5.42. The number of hydrogen-bond acceptors (Lipinski definition) is 1. The van der Waals surface area contributed by atoms with E-state index in [0.717, 1.165) is 17.3 Å². The van der Waals surface area contributed by atoms with E-state index in [-0.39, 0.29) is 0 Å². The van der Waals surface area contributed by atoms with Crippen LogP contribution in [0.3, 0.4) is 0 Å². The molecule has 0 saturated carbocycles. The van der Waals surface area contributed by atoms with Gasteiger partial charge in [-0.25, -0.2) is 0 Å². The number of nitrogens with zero attached hydrogens (tertiary/aromatic N) is 1. The van der Waals surface area contributed by atoms with Crippen LogP contribution in [-0.4, -0.2) is 4.98 Å². The minimum atomic E-state index is 0.833. The fourth-order valence-electron chi connectivity index (χ4n) is 0.679. The predicted octanol–water partition coefficient (Wildman–Crippen LogP) is 4.39. The Kier molecular flexibility index (Phi) is 11.4. The number of rotatable bonds is 0. The van der Waals surface area contributed by atoms with Gasteiger partial charge in [0, 0.05) is 11.4 Å². The maximum atomic E-state index is 4.17. The first-order chi connectivity index (χ1) is 6.52. The molecule has 0 aliphatic rings. The van der Waals surface area contributed by atoms with Gasteiger partial charge < -0.3 is 0 Å². The molecule has 0 aliphatic carbocycles. The Bertz CT molecular complexity index is 196. The number of aryl methyl sites for hydroxylation is 2. The molecule has 0 aromatic carbocycles. The van der Waals surface area contributed by atoms with E-state index in [2.05, 4.69) is 25.8 Å². The molecular formula is C13H25N. The third-order valence-electron chi connectivity index (χ3n) is 1.03. The fourth-order valence-corrected chi connectivity index (χ4v) is 0.679. The molecule has 0 radical (unpaired) electrons. The van der Waals surface area contributed by atoms with Gasteiger partial charge in [-0.3, -0.25) is 4.98 Å². The Balaban J connectivity index is 0. The molecule has 1 aromatic rings. The van der Waals surface area contributed by atoms with Crippen molar-refractivity contribution >= 4 is 0 Å². The number of hydrogen-bond donors (Lipinski definition) is 0. The summed E-state index contributed by atoms with van der Waals surface area (Å²) in [6.07, 6.45) is 0. The van der Waals surface area contributed by atoms with Gasteiger partial charge in [-0.2, -0.15) is 0 Å². The highest BCUT2D eigenvalue weighted by molar-refractivity contribution is 5.07. The van der Waals surface area contributed by atoms with Crippen LogP contribution in [0.1, 0.15) is 46.0 Å². The summed E-state index contributed by atoms with van der Waals surface area (Å²) in [5.41, 5.74) is 2.18. The molecule has 14 heavy (non-hydrogen) atoms. The summed E-state index contributed by atoms with van der Waals surface area (Å²) in [6, 6.07) is 6.00. The van der Waals surface area contributed by atoms with Crippen LogP contribution in [-0.2, 0) is 0 Å². The lowest BCUT2D eigenvalue weighted by atomic mass is 10.3. The van der Waals surface area contributed by atoms with Crippen molar-refractivity contribution in [2.24, 2.45) is 5.92 Å². The third kappa shape index (κ3) is 13.7. The van der Waals surface area contributed by atoms with Crippen LogP contribution in [0.5, 0.6) is 0 Å². The smallest absolute Gasteiger partial charge is 0.0375 e. The molecule has 0 N–H and O–H groups in total. The van der Waals surface area contributed by atoms with Crippen molar-refractivity contribution in [1.29, 1.82) is 0 Å². The Morgan fingerprint density at radius 1 is 0.929 bits per heavy atom. The van der Waals surface area contributed by atoms with Gasteiger partial charge in [0.15, 0.2) is 0 Å². The second kappa shape index (κ2) is 10.2. The molecule has 1 nitrogen and oxygen atoms in total. The van der Waals surface area contributed by atoms with Crippen LogP contribution < -0.4 is 0 Å². The van der Waals surface area contributed by atoms with Gasteiger partial charge in [-0.15, -0.1) is 0 Å². The van der Waals surface area contributed by atoms with Crippen molar-refractivity contribution in [3.63, 3.8) is 0 Å². The highest BCUT2D eigenvalue weighted by Crippen LogP contribution is 1.93. The average molecular weight is 195 g/mol. The Hall–Kier alpha value is -0.850. The summed E-state index contributed by atoms with van der Waals surface area (Å²) in [4.78, 5) is 4.17. The normalized spacial score (nSPS) is 8.29. The lowest BCUT2D eigenvalue weighted by molar-refractivity contribution is 0.737. The molecule has 0 spiro atoms. The summed E-state index contributed by atoms with van der Waals surface area (Å²) < 4.78 is 0. The Labute approximate surface area is 89.6 Å². The number of aromatic nitrogens is 1. The van der Waals surface area contributed by atoms with Crippen LogP contribution in [0.25, 0.3) is 0 Å². The van der Waals surface area contributed by atoms with Crippen molar-refractivity contribution in [2.45, 2.75) is 48.5 Å². The van der Waals surface area contributed by atoms with Gasteiger partial charge in [0.05, 0.1) is 0 Å². The minimum Gasteiger partial charge on any atom is -0.258 e. The zero-order valence-corrected chi connectivity index (χ0v) is 10.8. The maximum Gasteiger partial charge on any atom is 0.0375 e. The summed E-state index contributed by atoms with van der Waals surface area (Å²) in [6.45, 7) is 14.5. The van der Waals surface area contributed by atoms with Crippen LogP contribution in [0, 0.1) is 19.8 Å². The lowest BCUT2D eigenvalue weighted by Crippen LogP contribution is -1.81. The van der Waals surface area contributed by atoms with Crippen LogP contribution in [0.2, 0.25) is 0 Å². The first kappa shape index (κ1) is 15.6. The SMILES string of the molecule is CC.CC(C)C.Cc1cccc(C)n1. The molecule has 1 heterocycles. The second-order valence-corrected chi connectivity index (χ2v) is 3.65. The lowest BCUT2D eigenvalue weighted by Gasteiger charge is -1.90. The van der Waals surface area contributed by atoms with Crippen LogP contribution in [0.4, 0.5) is 0 Å². The molecule has 0 saturated heterocycles. The molecular weight excluding hydrogens is 170 g/mol. The van der Waals surface area contributed by atoms with Gasteiger partial charge >= 0.3 is 0 Å². The highest BCUT2D eigenvalue weighted by Gasteiger charge is 1.82. The van der Waals surface area contributed by atoms with Gasteiger partial charge in [-0.05, 0) is 31.9 Å². The van der Waals surface area contributed by atoms with Crippen LogP contribution in [0.15, 0.2) is 18.2 Å². The summed E-state index contributed by atoms with van der Waals surface area (Å²) in [7, 11) is 0. The minimum absolute atomic E-state index is 0.833. The Morgan fingerprint density at radius 2 is 1.21 bits per heavy atom. The molecule has 0 aliphatic heterocycles. The van der Waals surface area contributed by atoms with E-state index in [1.165, 1.54) is 0 Å². The van der Waals surface area contributed by atoms with Gasteiger partial charge in [0.1, 0.15) is 0 Å². The molecule has 0 unspecified atom stereocenters. The van der Waals surface area contributed by atoms with E-state index in [0.29, 0.717) is 0 Å². The summed E-state index contributed by atoms with van der Waals surface area (Å²) in [5.74, 6) is 0.833. The molecule has 0 atom stereocenters. The van der Waals surface area contributed by atoms with Crippen LogP contribution >= 0.6 is 0 Å². The van der Waals surface area contributed by atoms with E-state index in [9.17, 15) is 0 Å². The van der Waals surface area contributed by atoms with Crippen molar-refractivity contribution in [1.82, 2.24) is 4.98 Å². The van der Waals surface area contributed by atoms with Crippen molar-refractivity contribution in [3.8, 4) is 0 Å². The molecule has 82 valence electrons. The van der Waals surface area contributed by atoms with E-state index in [1.807, 2.05) is 45.9 Å². The maximum absolute atomic E-state index is 4.17. The van der Waals surface area contributed by atoms with E-state index >= 15 is 0 Å². The topological polar surface area (TPSA) is 12.9 Å². The largest absolute Gasteiger partial charge is 0.258 e. The summed E-state index contributed by atoms with van der Waals surface area (Å²) in [5, 5.41) is 0. The molecule has 0 fully saturated rings. The number of pyridine rings is 1. The van der Waals surface area contributed by atoms with Crippen molar-refractivity contribution in [3.05, 3.63) is 29.6 Å². The third-order valence-corrected chi connectivity index (χ3v) is 1.03. The zero-order chi connectivity index (χ0) is 11.6. The molecule has 0 bridgehead atoms. The molecule has 1 rings (SSSR count). The molecule has 0 amide bonds. The quantitative estimate of drug-likeness (QED) is 0.598. The van der Waals surface area contributed by atoms with Crippen molar-refractivity contribution < 1.29 is 0 Å². The zero-order valence-electron chi connectivity index (χ0n) is 10.8. The van der Waals surface area contributed by atoms with Gasteiger partial charge in [-0.1, -0.05) is 40.7 Å². The Morgan fingerprint density at radius 3 is 1.36 bits per heavy atom. The van der Waals surface area contributed by atoms with Crippen molar-refractivity contribution in [2.75, 3.05) is 0 Å². The fraction of sp³-hybridized carbons (Fsp3) is 0.615. The highest BCUT2D eigenvalue weighted by atomic mass is 14.7. The summed E-state index contributed by atoms with van der Waals surface area (Å²) >= 11 is 0. The van der Waals surface area contributed by atoms with Gasteiger partial charge in [0.25, 0.3) is 0 Å². The monoisotopic (exact) mass is 195 g/mol. The second-order valence-electron chi connectivity index (χ2n) is 3.65.